The Bertz CT molecular complexity index is 163. The fourth-order valence-corrected chi connectivity index (χ4v) is 1.44. The van der Waals surface area contributed by atoms with E-state index in [1.165, 1.54) is 0 Å². The van der Waals surface area contributed by atoms with Crippen molar-refractivity contribution in [3.63, 3.8) is 0 Å². The van der Waals surface area contributed by atoms with Crippen molar-refractivity contribution >= 4 is 0 Å². The predicted molar refractivity (Wildman–Crippen MR) is 38.8 cm³/mol. The molecule has 3 nitrogen and oxygen atoms in total. The van der Waals surface area contributed by atoms with Crippen molar-refractivity contribution in [2.24, 2.45) is 0 Å². The Hall–Kier alpha value is -0.380. The van der Waals surface area contributed by atoms with Gasteiger partial charge in [-0.3, -0.25) is 0 Å². The Labute approximate surface area is 60.1 Å². The summed E-state index contributed by atoms with van der Waals surface area (Å²) in [5.74, 6) is 0. The third kappa shape index (κ3) is 0.785. The van der Waals surface area contributed by atoms with E-state index in [-0.39, 0.29) is 6.04 Å². The lowest BCUT2D eigenvalue weighted by atomic mass is 9.89. The summed E-state index contributed by atoms with van der Waals surface area (Å²) in [6.45, 7) is 2.33. The van der Waals surface area contributed by atoms with Gasteiger partial charge in [0.1, 0.15) is 5.60 Å². The van der Waals surface area contributed by atoms with Crippen molar-refractivity contribution in [1.29, 1.82) is 0 Å². The van der Waals surface area contributed by atoms with Crippen LogP contribution in [-0.2, 0) is 0 Å². The lowest BCUT2D eigenvalue weighted by molar-refractivity contribution is -0.0269. The number of β-amino-alcohol motifs (C(OH)–C–C–N with tert-alkyl or cyclic N) is 1. The molecule has 0 saturated carbocycles. The highest BCUT2D eigenvalue weighted by molar-refractivity contribution is 5.15. The summed E-state index contributed by atoms with van der Waals surface area (Å²) in [6, 6.07) is 0.175. The van der Waals surface area contributed by atoms with Crippen molar-refractivity contribution in [3.05, 3.63) is 12.2 Å². The van der Waals surface area contributed by atoms with E-state index in [9.17, 15) is 5.11 Å². The SMILES string of the molecule is OC1(C2C=CCN2)CNC1. The maximum Gasteiger partial charge on any atom is 0.108 e. The molecule has 2 aliphatic rings. The number of aliphatic hydroxyl groups is 1. The molecule has 0 aliphatic carbocycles. The van der Waals surface area contributed by atoms with E-state index in [1.54, 1.807) is 0 Å². The first-order valence-corrected chi connectivity index (χ1v) is 3.64. The van der Waals surface area contributed by atoms with E-state index in [0.717, 1.165) is 19.6 Å². The molecule has 2 rings (SSSR count). The second kappa shape index (κ2) is 2.05. The zero-order valence-electron chi connectivity index (χ0n) is 5.80. The Kier molecular flexibility index (Phi) is 1.30. The summed E-state index contributed by atoms with van der Waals surface area (Å²) in [7, 11) is 0. The Morgan fingerprint density at radius 3 is 2.70 bits per heavy atom. The van der Waals surface area contributed by atoms with Crippen LogP contribution < -0.4 is 10.6 Å². The summed E-state index contributed by atoms with van der Waals surface area (Å²) in [6.07, 6.45) is 4.10. The van der Waals surface area contributed by atoms with E-state index in [1.807, 2.05) is 6.08 Å². The Morgan fingerprint density at radius 1 is 1.50 bits per heavy atom. The monoisotopic (exact) mass is 140 g/mol. The molecule has 0 aromatic heterocycles. The van der Waals surface area contributed by atoms with Gasteiger partial charge in [-0.05, 0) is 0 Å². The molecule has 1 saturated heterocycles. The van der Waals surface area contributed by atoms with Crippen LogP contribution in [-0.4, -0.2) is 36.4 Å². The van der Waals surface area contributed by atoms with E-state index in [4.69, 9.17) is 0 Å². The standard InChI is InChI=1S/C7H12N2O/c10-7(4-8-5-7)6-2-1-3-9-6/h1-2,6,8-10H,3-5H2. The summed E-state index contributed by atoms with van der Waals surface area (Å²) >= 11 is 0. The molecule has 2 aliphatic heterocycles. The van der Waals surface area contributed by atoms with Gasteiger partial charge in [-0.15, -0.1) is 0 Å². The topological polar surface area (TPSA) is 44.3 Å². The number of hydrogen-bond acceptors (Lipinski definition) is 3. The third-order valence-electron chi connectivity index (χ3n) is 2.23. The maximum absolute atomic E-state index is 9.73. The average Bonchev–Trinajstić information content (AvgIpc) is 2.33. The molecule has 0 radical (unpaired) electrons. The van der Waals surface area contributed by atoms with Gasteiger partial charge in [0.05, 0.1) is 6.04 Å². The van der Waals surface area contributed by atoms with Crippen molar-refractivity contribution in [2.45, 2.75) is 11.6 Å². The first-order chi connectivity index (χ1) is 4.81. The minimum absolute atomic E-state index is 0.175. The van der Waals surface area contributed by atoms with Gasteiger partial charge >= 0.3 is 0 Å². The second-order valence-electron chi connectivity index (χ2n) is 3.02. The van der Waals surface area contributed by atoms with Crippen molar-refractivity contribution in [3.8, 4) is 0 Å². The van der Waals surface area contributed by atoms with Gasteiger partial charge in [0.25, 0.3) is 0 Å². The summed E-state index contributed by atoms with van der Waals surface area (Å²) < 4.78 is 0. The van der Waals surface area contributed by atoms with Gasteiger partial charge in [-0.25, -0.2) is 0 Å². The van der Waals surface area contributed by atoms with Crippen LogP contribution in [0.2, 0.25) is 0 Å². The lowest BCUT2D eigenvalue weighted by Gasteiger charge is -2.41. The van der Waals surface area contributed by atoms with Gasteiger partial charge in [-0.2, -0.15) is 0 Å². The van der Waals surface area contributed by atoms with Crippen LogP contribution in [0.25, 0.3) is 0 Å². The third-order valence-corrected chi connectivity index (χ3v) is 2.23. The van der Waals surface area contributed by atoms with Crippen molar-refractivity contribution in [1.82, 2.24) is 10.6 Å². The summed E-state index contributed by atoms with van der Waals surface area (Å²) in [5.41, 5.74) is -0.507. The van der Waals surface area contributed by atoms with Crippen molar-refractivity contribution in [2.75, 3.05) is 19.6 Å². The number of nitrogens with one attached hydrogen (secondary N) is 2. The van der Waals surface area contributed by atoms with Crippen LogP contribution >= 0.6 is 0 Å². The second-order valence-corrected chi connectivity index (χ2v) is 3.02. The molecule has 2 heterocycles. The molecular formula is C7H12N2O. The predicted octanol–water partition coefficient (Wildman–Crippen LogP) is -1.15. The van der Waals surface area contributed by atoms with Gasteiger partial charge in [0.15, 0.2) is 0 Å². The zero-order valence-corrected chi connectivity index (χ0v) is 5.80. The molecule has 56 valence electrons. The first-order valence-electron chi connectivity index (χ1n) is 3.64. The highest BCUT2D eigenvalue weighted by atomic mass is 16.3. The normalized spacial score (nSPS) is 35.9. The molecule has 1 fully saturated rings. The van der Waals surface area contributed by atoms with Gasteiger partial charge < -0.3 is 15.7 Å². The molecular weight excluding hydrogens is 128 g/mol. The van der Waals surface area contributed by atoms with Gasteiger partial charge in [-0.1, -0.05) is 12.2 Å². The minimum Gasteiger partial charge on any atom is -0.385 e. The molecule has 3 N–H and O–H groups in total. The van der Waals surface area contributed by atoms with Crippen LogP contribution in [0.3, 0.4) is 0 Å². The Morgan fingerprint density at radius 2 is 2.30 bits per heavy atom. The quantitative estimate of drug-likeness (QED) is 0.403. The van der Waals surface area contributed by atoms with Gasteiger partial charge in [0.2, 0.25) is 0 Å². The molecule has 3 heteroatoms. The fraction of sp³-hybridized carbons (Fsp3) is 0.714. The number of rotatable bonds is 1. The maximum atomic E-state index is 9.73. The summed E-state index contributed by atoms with van der Waals surface area (Å²) in [5, 5.41) is 16.0. The van der Waals surface area contributed by atoms with E-state index in [2.05, 4.69) is 16.7 Å². The summed E-state index contributed by atoms with van der Waals surface area (Å²) in [4.78, 5) is 0. The molecule has 1 unspecified atom stereocenters. The van der Waals surface area contributed by atoms with Crippen molar-refractivity contribution < 1.29 is 5.11 Å². The van der Waals surface area contributed by atoms with Crippen LogP contribution in [0.5, 0.6) is 0 Å². The van der Waals surface area contributed by atoms with Crippen LogP contribution in [0.1, 0.15) is 0 Å². The molecule has 0 aromatic rings. The lowest BCUT2D eigenvalue weighted by Crippen LogP contribution is -2.67. The van der Waals surface area contributed by atoms with Crippen LogP contribution in [0.15, 0.2) is 12.2 Å². The molecule has 10 heavy (non-hydrogen) atoms. The molecule has 1 atom stereocenters. The fourth-order valence-electron chi connectivity index (χ4n) is 1.44. The van der Waals surface area contributed by atoms with Gasteiger partial charge in [0, 0.05) is 19.6 Å². The van der Waals surface area contributed by atoms with Crippen LogP contribution in [0.4, 0.5) is 0 Å². The smallest absolute Gasteiger partial charge is 0.108 e. The minimum atomic E-state index is -0.507. The largest absolute Gasteiger partial charge is 0.385 e. The molecule has 0 amide bonds. The highest BCUT2D eigenvalue weighted by Gasteiger charge is 2.41. The number of hydrogen-bond donors (Lipinski definition) is 3. The zero-order chi connectivity index (χ0) is 7.03. The van der Waals surface area contributed by atoms with E-state index in [0.29, 0.717) is 0 Å². The average molecular weight is 140 g/mol. The van der Waals surface area contributed by atoms with Crippen LogP contribution in [0, 0.1) is 0 Å². The molecule has 0 bridgehead atoms. The molecule has 0 spiro atoms. The van der Waals surface area contributed by atoms with E-state index >= 15 is 0 Å². The Balaban J connectivity index is 2.03. The first kappa shape index (κ1) is 6.34. The molecule has 0 aromatic carbocycles. The van der Waals surface area contributed by atoms with E-state index < -0.39 is 5.60 Å². The highest BCUT2D eigenvalue weighted by Crippen LogP contribution is 2.18.